The average molecular weight is 270 g/mol. The fraction of sp³-hybridized carbons (Fsp3) is 0.846. The van der Waals surface area contributed by atoms with Gasteiger partial charge in [-0.1, -0.05) is 20.8 Å². The zero-order valence-electron chi connectivity index (χ0n) is 12.0. The van der Waals surface area contributed by atoms with Crippen LogP contribution in [0.25, 0.3) is 0 Å². The Labute approximate surface area is 115 Å². The van der Waals surface area contributed by atoms with Crippen LogP contribution in [0.15, 0.2) is 6.33 Å². The lowest BCUT2D eigenvalue weighted by Gasteiger charge is -2.17. The average Bonchev–Trinajstić information content (AvgIpc) is 2.73. The minimum absolute atomic E-state index is 0.495. The number of thioether (sulfide) groups is 1. The summed E-state index contributed by atoms with van der Waals surface area (Å²) in [6, 6.07) is 0.495. The molecule has 104 valence electrons. The largest absolute Gasteiger partial charge is 0.313 e. The fourth-order valence-electron chi connectivity index (χ4n) is 1.90. The number of nitrogens with zero attached hydrogens (tertiary/aromatic N) is 3. The second kappa shape index (κ2) is 8.53. The van der Waals surface area contributed by atoms with Gasteiger partial charge in [0.25, 0.3) is 0 Å². The lowest BCUT2D eigenvalue weighted by Crippen LogP contribution is -2.35. The molecule has 0 fully saturated rings. The molecule has 1 rings (SSSR count). The number of rotatable bonds is 9. The highest BCUT2D eigenvalue weighted by molar-refractivity contribution is 7.98. The third-order valence-electron chi connectivity index (χ3n) is 2.71. The molecule has 18 heavy (non-hydrogen) atoms. The molecule has 1 N–H and O–H groups in total. The van der Waals surface area contributed by atoms with Crippen LogP contribution in [-0.4, -0.2) is 39.4 Å². The van der Waals surface area contributed by atoms with Crippen molar-refractivity contribution in [3.8, 4) is 0 Å². The van der Waals surface area contributed by atoms with Gasteiger partial charge < -0.3 is 5.32 Å². The summed E-state index contributed by atoms with van der Waals surface area (Å²) in [4.78, 5) is 4.40. The van der Waals surface area contributed by atoms with Crippen molar-refractivity contribution in [3.05, 3.63) is 12.2 Å². The summed E-state index contributed by atoms with van der Waals surface area (Å²) in [6.45, 7) is 8.64. The van der Waals surface area contributed by atoms with Crippen LogP contribution >= 0.6 is 11.8 Å². The highest BCUT2D eigenvalue weighted by Gasteiger charge is 2.13. The van der Waals surface area contributed by atoms with Gasteiger partial charge in [0.15, 0.2) is 0 Å². The molecule has 5 heteroatoms. The van der Waals surface area contributed by atoms with Crippen LogP contribution in [0.2, 0.25) is 0 Å². The molecule has 0 aromatic carbocycles. The van der Waals surface area contributed by atoms with Crippen LogP contribution in [0.1, 0.15) is 33.0 Å². The molecule has 4 nitrogen and oxygen atoms in total. The van der Waals surface area contributed by atoms with E-state index in [2.05, 4.69) is 42.4 Å². The van der Waals surface area contributed by atoms with Gasteiger partial charge in [-0.3, -0.25) is 0 Å². The highest BCUT2D eigenvalue weighted by atomic mass is 32.2. The van der Waals surface area contributed by atoms with E-state index in [0.717, 1.165) is 31.1 Å². The zero-order chi connectivity index (χ0) is 13.4. The van der Waals surface area contributed by atoms with Gasteiger partial charge in [-0.25, -0.2) is 9.67 Å². The van der Waals surface area contributed by atoms with Crippen molar-refractivity contribution < 1.29 is 0 Å². The molecule has 0 saturated heterocycles. The first-order chi connectivity index (χ1) is 8.67. The second-order valence-electron chi connectivity index (χ2n) is 5.06. The first kappa shape index (κ1) is 15.5. The summed E-state index contributed by atoms with van der Waals surface area (Å²) in [5.41, 5.74) is 0. The summed E-state index contributed by atoms with van der Waals surface area (Å²) in [5.74, 6) is 2.83. The molecular formula is C13H26N4S. The van der Waals surface area contributed by atoms with Crippen LogP contribution in [0.4, 0.5) is 0 Å². The fourth-order valence-corrected chi connectivity index (χ4v) is 2.54. The Hall–Kier alpha value is -0.550. The van der Waals surface area contributed by atoms with Gasteiger partial charge >= 0.3 is 0 Å². The quantitative estimate of drug-likeness (QED) is 0.747. The third-order valence-corrected chi connectivity index (χ3v) is 3.45. The maximum atomic E-state index is 4.40. The first-order valence-electron chi connectivity index (χ1n) is 6.76. The van der Waals surface area contributed by atoms with E-state index >= 15 is 0 Å². The molecule has 0 aliphatic heterocycles. The maximum absolute atomic E-state index is 4.40. The van der Waals surface area contributed by atoms with Crippen LogP contribution in [-0.2, 0) is 13.0 Å². The highest BCUT2D eigenvalue weighted by Crippen LogP contribution is 2.07. The smallest absolute Gasteiger partial charge is 0.138 e. The lowest BCUT2D eigenvalue weighted by atomic mass is 10.2. The molecule has 0 aliphatic rings. The van der Waals surface area contributed by atoms with E-state index in [1.54, 1.807) is 6.33 Å². The number of nitrogens with one attached hydrogen (secondary N) is 1. The maximum Gasteiger partial charge on any atom is 0.138 e. The van der Waals surface area contributed by atoms with Gasteiger partial charge in [0.1, 0.15) is 12.2 Å². The Morgan fingerprint density at radius 3 is 2.83 bits per heavy atom. The minimum Gasteiger partial charge on any atom is -0.313 e. The van der Waals surface area contributed by atoms with Gasteiger partial charge in [0.2, 0.25) is 0 Å². The van der Waals surface area contributed by atoms with Gasteiger partial charge in [-0.05, 0) is 25.1 Å². The van der Waals surface area contributed by atoms with E-state index in [9.17, 15) is 0 Å². The minimum atomic E-state index is 0.495. The molecule has 0 saturated carbocycles. The number of hydrogen-bond donors (Lipinski definition) is 1. The number of aromatic nitrogens is 3. The Balaban J connectivity index is 2.59. The van der Waals surface area contributed by atoms with E-state index < -0.39 is 0 Å². The van der Waals surface area contributed by atoms with Crippen molar-refractivity contribution in [2.24, 2.45) is 5.92 Å². The topological polar surface area (TPSA) is 42.7 Å². The van der Waals surface area contributed by atoms with Crippen molar-refractivity contribution >= 4 is 11.8 Å². The SMILES string of the molecule is CCCNC(CSC)Cc1ncnn1CC(C)C. The Morgan fingerprint density at radius 1 is 1.44 bits per heavy atom. The summed E-state index contributed by atoms with van der Waals surface area (Å²) in [5, 5.41) is 7.91. The molecule has 1 unspecified atom stereocenters. The normalized spacial score (nSPS) is 13.2. The monoisotopic (exact) mass is 270 g/mol. The van der Waals surface area contributed by atoms with E-state index in [0.29, 0.717) is 12.0 Å². The van der Waals surface area contributed by atoms with Gasteiger partial charge in [0, 0.05) is 24.8 Å². The summed E-state index contributed by atoms with van der Waals surface area (Å²) in [6.07, 6.45) is 5.96. The van der Waals surface area contributed by atoms with Gasteiger partial charge in [0.05, 0.1) is 0 Å². The van der Waals surface area contributed by atoms with Crippen molar-refractivity contribution in [1.29, 1.82) is 0 Å². The zero-order valence-corrected chi connectivity index (χ0v) is 12.8. The molecule has 1 aromatic heterocycles. The molecule has 0 radical (unpaired) electrons. The van der Waals surface area contributed by atoms with Gasteiger partial charge in [-0.15, -0.1) is 0 Å². The third kappa shape index (κ3) is 5.40. The van der Waals surface area contributed by atoms with Crippen LogP contribution in [0, 0.1) is 5.92 Å². The molecule has 1 aromatic rings. The predicted molar refractivity (Wildman–Crippen MR) is 79.0 cm³/mol. The molecule has 0 bridgehead atoms. The molecule has 0 aliphatic carbocycles. The molecule has 0 spiro atoms. The van der Waals surface area contributed by atoms with Crippen molar-refractivity contribution in [2.45, 2.75) is 46.2 Å². The Kier molecular flexibility index (Phi) is 7.35. The van der Waals surface area contributed by atoms with Crippen molar-refractivity contribution in [3.63, 3.8) is 0 Å². The van der Waals surface area contributed by atoms with E-state index in [4.69, 9.17) is 0 Å². The van der Waals surface area contributed by atoms with Crippen LogP contribution in [0.5, 0.6) is 0 Å². The predicted octanol–water partition coefficient (Wildman–Crippen LogP) is 2.21. The Morgan fingerprint density at radius 2 is 2.22 bits per heavy atom. The summed E-state index contributed by atoms with van der Waals surface area (Å²) in [7, 11) is 0. The summed E-state index contributed by atoms with van der Waals surface area (Å²) < 4.78 is 2.05. The van der Waals surface area contributed by atoms with Crippen LogP contribution < -0.4 is 5.32 Å². The molecule has 1 heterocycles. The number of hydrogen-bond acceptors (Lipinski definition) is 4. The Bertz CT molecular complexity index is 325. The van der Waals surface area contributed by atoms with E-state index in [1.165, 1.54) is 6.42 Å². The first-order valence-corrected chi connectivity index (χ1v) is 8.15. The molecular weight excluding hydrogens is 244 g/mol. The van der Waals surface area contributed by atoms with Crippen molar-refractivity contribution in [2.75, 3.05) is 18.6 Å². The van der Waals surface area contributed by atoms with Crippen LogP contribution in [0.3, 0.4) is 0 Å². The van der Waals surface area contributed by atoms with E-state index in [-0.39, 0.29) is 0 Å². The van der Waals surface area contributed by atoms with Crippen molar-refractivity contribution in [1.82, 2.24) is 20.1 Å². The second-order valence-corrected chi connectivity index (χ2v) is 5.97. The van der Waals surface area contributed by atoms with Gasteiger partial charge in [-0.2, -0.15) is 16.9 Å². The standard InChI is InChI=1S/C13H26N4S/c1-5-6-14-12(9-18-4)7-13-15-10-16-17(13)8-11(2)3/h10-12,14H,5-9H2,1-4H3. The van der Waals surface area contributed by atoms with E-state index in [1.807, 2.05) is 16.4 Å². The lowest BCUT2D eigenvalue weighted by molar-refractivity contribution is 0.449. The molecule has 0 amide bonds. The molecule has 1 atom stereocenters. The summed E-state index contributed by atoms with van der Waals surface area (Å²) >= 11 is 1.88.